The van der Waals surface area contributed by atoms with E-state index in [1.54, 1.807) is 0 Å². The van der Waals surface area contributed by atoms with Crippen molar-refractivity contribution in [2.75, 3.05) is 0 Å². The lowest BCUT2D eigenvalue weighted by Crippen LogP contribution is -3.00. The second-order valence-corrected chi connectivity index (χ2v) is 6.02. The first kappa shape index (κ1) is 17.0. The highest BCUT2D eigenvalue weighted by Gasteiger charge is 2.35. The quantitative estimate of drug-likeness (QED) is 0.486. The van der Waals surface area contributed by atoms with E-state index in [1.165, 1.54) is 0 Å². The van der Waals surface area contributed by atoms with E-state index in [1.807, 2.05) is 0 Å². The summed E-state index contributed by atoms with van der Waals surface area (Å²) in [5.74, 6) is 0. The molecule has 0 fully saturated rings. The maximum Gasteiger partial charge on any atom is 0.426 e. The van der Waals surface area contributed by atoms with Crippen LogP contribution in [-0.4, -0.2) is 25.9 Å². The minimum Gasteiger partial charge on any atom is -1.00 e. The van der Waals surface area contributed by atoms with Gasteiger partial charge in [-0.2, -0.15) is 16.8 Å². The summed E-state index contributed by atoms with van der Waals surface area (Å²) in [7, 11) is -9.73. The minimum atomic E-state index is -4.86. The average Bonchev–Trinajstić information content (AvgIpc) is 2.13. The Kier molecular flexibility index (Phi) is 5.07. The Bertz CT molecular complexity index is 668. The fourth-order valence-electron chi connectivity index (χ4n) is 1.04. The highest BCUT2D eigenvalue weighted by Crippen LogP contribution is 2.34. The summed E-state index contributed by atoms with van der Waals surface area (Å²) in [4.78, 5) is 0.324. The van der Waals surface area contributed by atoms with Crippen LogP contribution in [0.15, 0.2) is 21.9 Å². The van der Waals surface area contributed by atoms with Crippen LogP contribution < -0.4 is 12.4 Å². The lowest BCUT2D eigenvalue weighted by Gasteiger charge is -1.99. The van der Waals surface area contributed by atoms with Gasteiger partial charge in [-0.05, 0) is 12.1 Å². The molecular formula is C6H4Cl2N2O6S2. The van der Waals surface area contributed by atoms with E-state index in [0.29, 0.717) is 12.1 Å². The van der Waals surface area contributed by atoms with Crippen LogP contribution in [0.2, 0.25) is 5.02 Å². The molecule has 100 valence electrons. The van der Waals surface area contributed by atoms with Gasteiger partial charge in [-0.1, -0.05) is 11.6 Å². The molecule has 0 bridgehead atoms. The third-order valence-electron chi connectivity index (χ3n) is 1.66. The van der Waals surface area contributed by atoms with Crippen molar-refractivity contribution in [2.24, 2.45) is 0 Å². The lowest BCUT2D eigenvalue weighted by atomic mass is 10.3. The van der Waals surface area contributed by atoms with Crippen molar-refractivity contribution in [3.8, 4) is 0 Å². The van der Waals surface area contributed by atoms with Crippen molar-refractivity contribution in [2.45, 2.75) is 9.79 Å². The number of halogens is 2. The molecule has 0 saturated heterocycles. The lowest BCUT2D eigenvalue weighted by molar-refractivity contribution is -0.0000119. The normalized spacial score (nSPS) is 11.4. The number of rotatable bonds is 2. The number of hydrogen-bond acceptors (Lipinski definition) is 5. The van der Waals surface area contributed by atoms with E-state index in [-0.39, 0.29) is 12.4 Å². The predicted octanol–water partition coefficient (Wildman–Crippen LogP) is -1.68. The zero-order chi connectivity index (χ0) is 13.4. The molecule has 1 rings (SSSR count). The van der Waals surface area contributed by atoms with E-state index < -0.39 is 40.7 Å². The molecule has 0 saturated carbocycles. The number of benzene rings is 1. The van der Waals surface area contributed by atoms with Crippen molar-refractivity contribution in [3.05, 3.63) is 22.1 Å². The van der Waals surface area contributed by atoms with Crippen LogP contribution in [0.3, 0.4) is 0 Å². The molecule has 0 heterocycles. The molecular weight excluding hydrogens is 331 g/mol. The van der Waals surface area contributed by atoms with Gasteiger partial charge in [-0.25, -0.2) is 0 Å². The maximum absolute atomic E-state index is 10.9. The molecule has 0 aliphatic rings. The molecule has 18 heavy (non-hydrogen) atoms. The van der Waals surface area contributed by atoms with Gasteiger partial charge in [0.2, 0.25) is 5.39 Å². The second kappa shape index (κ2) is 5.35. The van der Waals surface area contributed by atoms with Gasteiger partial charge >= 0.3 is 25.9 Å². The molecule has 1 aromatic rings. The third-order valence-corrected chi connectivity index (χ3v) is 3.61. The van der Waals surface area contributed by atoms with Gasteiger partial charge in [0.05, 0.1) is 0 Å². The molecule has 0 spiro atoms. The van der Waals surface area contributed by atoms with Crippen LogP contribution in [0.25, 0.3) is 4.98 Å². The summed E-state index contributed by atoms with van der Waals surface area (Å²) in [6.45, 7) is 0. The van der Waals surface area contributed by atoms with E-state index in [4.69, 9.17) is 26.1 Å². The molecule has 0 radical (unpaired) electrons. The fraction of sp³-hybridized carbons (Fsp3) is 0. The first-order valence-corrected chi connectivity index (χ1v) is 6.97. The largest absolute Gasteiger partial charge is 1.00 e. The molecule has 0 aromatic heterocycles. The van der Waals surface area contributed by atoms with Gasteiger partial charge in [0.1, 0.15) is 0 Å². The van der Waals surface area contributed by atoms with Gasteiger partial charge in [-0.3, -0.25) is 9.11 Å². The zero-order valence-electron chi connectivity index (χ0n) is 8.15. The summed E-state index contributed by atoms with van der Waals surface area (Å²) in [5, 5.41) is 8.16. The predicted molar refractivity (Wildman–Crippen MR) is 55.8 cm³/mol. The first-order valence-electron chi connectivity index (χ1n) is 3.71. The Balaban J connectivity index is 0.00000289. The minimum absolute atomic E-state index is 0. The van der Waals surface area contributed by atoms with Crippen LogP contribution in [0.1, 0.15) is 0 Å². The van der Waals surface area contributed by atoms with Crippen molar-refractivity contribution in [1.82, 2.24) is 0 Å². The average molecular weight is 335 g/mol. The molecule has 8 nitrogen and oxygen atoms in total. The van der Waals surface area contributed by atoms with E-state index >= 15 is 0 Å². The second-order valence-electron chi connectivity index (χ2n) is 2.80. The Labute approximate surface area is 113 Å². The van der Waals surface area contributed by atoms with Gasteiger partial charge in [-0.15, -0.1) is 0 Å². The highest BCUT2D eigenvalue weighted by molar-refractivity contribution is 7.87. The molecule has 0 aliphatic carbocycles. The number of nitrogens with zero attached hydrogens (tertiary/aromatic N) is 2. The van der Waals surface area contributed by atoms with Gasteiger partial charge < -0.3 is 12.4 Å². The molecule has 1 aromatic carbocycles. The number of diazo groups is 1. The van der Waals surface area contributed by atoms with E-state index in [9.17, 15) is 16.8 Å². The molecule has 2 N–H and O–H groups in total. The highest BCUT2D eigenvalue weighted by atomic mass is 35.5. The Morgan fingerprint density at radius 3 is 1.61 bits per heavy atom. The SMILES string of the molecule is N#[N+]c1c(S(=O)(=O)O)cc(Cl)cc1S(=O)(=O)O.[Cl-]. The molecule has 12 heteroatoms. The Morgan fingerprint density at radius 2 is 1.39 bits per heavy atom. The van der Waals surface area contributed by atoms with Crippen LogP contribution >= 0.6 is 11.6 Å². The third kappa shape index (κ3) is 3.52. The topological polar surface area (TPSA) is 137 Å². The zero-order valence-corrected chi connectivity index (χ0v) is 11.3. The summed E-state index contributed by atoms with van der Waals surface area (Å²) in [6.07, 6.45) is 0. The van der Waals surface area contributed by atoms with Crippen molar-refractivity contribution in [1.29, 1.82) is 5.39 Å². The van der Waals surface area contributed by atoms with Crippen LogP contribution in [-0.2, 0) is 20.2 Å². The molecule has 0 unspecified atom stereocenters. The first-order chi connectivity index (χ1) is 7.57. The number of hydrogen-bond donors (Lipinski definition) is 2. The molecule has 0 amide bonds. The standard InChI is InChI=1S/C6H3ClN2O6S2.ClH/c7-3-1-4(16(10,11)12)6(9-8)5(2-3)17(13,14)15;/h1-2H,(H-,10,11,12,13,14,15);1H. The summed E-state index contributed by atoms with van der Waals surface area (Å²) < 4.78 is 61.1. The summed E-state index contributed by atoms with van der Waals surface area (Å²) in [6, 6.07) is 1.33. The van der Waals surface area contributed by atoms with Crippen LogP contribution in [0, 0.1) is 5.39 Å². The van der Waals surface area contributed by atoms with Crippen LogP contribution in [0.4, 0.5) is 5.69 Å². The van der Waals surface area contributed by atoms with Gasteiger partial charge in [0, 0.05) is 5.02 Å². The van der Waals surface area contributed by atoms with E-state index in [2.05, 4.69) is 4.98 Å². The molecule has 0 atom stereocenters. The van der Waals surface area contributed by atoms with Gasteiger partial charge in [0.25, 0.3) is 0 Å². The van der Waals surface area contributed by atoms with Crippen molar-refractivity contribution >= 4 is 37.5 Å². The fourth-order valence-corrected chi connectivity index (χ4v) is 2.80. The van der Waals surface area contributed by atoms with Crippen molar-refractivity contribution < 1.29 is 38.3 Å². The van der Waals surface area contributed by atoms with E-state index in [0.717, 1.165) is 0 Å². The smallest absolute Gasteiger partial charge is 0.426 e. The van der Waals surface area contributed by atoms with Crippen LogP contribution in [0.5, 0.6) is 0 Å². The molecule has 0 aliphatic heterocycles. The van der Waals surface area contributed by atoms with Crippen molar-refractivity contribution in [3.63, 3.8) is 0 Å². The Hall–Kier alpha value is -0.960. The summed E-state index contributed by atoms with van der Waals surface area (Å²) in [5.41, 5.74) is -1.03. The summed E-state index contributed by atoms with van der Waals surface area (Å²) >= 11 is 5.42. The van der Waals surface area contributed by atoms with Gasteiger partial charge in [0.15, 0.2) is 14.8 Å². The maximum atomic E-state index is 10.9. The monoisotopic (exact) mass is 334 g/mol. The Morgan fingerprint density at radius 1 is 1.06 bits per heavy atom.